The molecule has 0 aliphatic carbocycles. The minimum absolute atomic E-state index is 0.159. The summed E-state index contributed by atoms with van der Waals surface area (Å²) in [7, 11) is 0. The van der Waals surface area contributed by atoms with Crippen LogP contribution in [0.5, 0.6) is 0 Å². The molecule has 3 rings (SSSR count). The van der Waals surface area contributed by atoms with Crippen molar-refractivity contribution in [3.8, 4) is 0 Å². The number of carbonyl (C=O) groups is 1. The van der Waals surface area contributed by atoms with E-state index in [1.165, 1.54) is 41.9 Å². The summed E-state index contributed by atoms with van der Waals surface area (Å²) in [6.45, 7) is 6.85. The standard InChI is InChI=1S/C17H23N3O3S/c1-3-23-17(22)14-11(2)13-15(21)18-12(19-16(13)24-14)10-20-8-6-4-5-7-9-20/h3-10H2,1-2H3,(H,18,19,21)/p+1. The predicted molar refractivity (Wildman–Crippen MR) is 93.8 cm³/mol. The second kappa shape index (κ2) is 7.44. The molecule has 1 aliphatic heterocycles. The van der Waals surface area contributed by atoms with E-state index >= 15 is 0 Å². The highest BCUT2D eigenvalue weighted by Gasteiger charge is 2.21. The highest BCUT2D eigenvalue weighted by atomic mass is 32.1. The molecule has 130 valence electrons. The number of aryl methyl sites for hydroxylation is 1. The summed E-state index contributed by atoms with van der Waals surface area (Å²) in [4.78, 5) is 34.6. The van der Waals surface area contributed by atoms with Crippen molar-refractivity contribution in [1.29, 1.82) is 0 Å². The first-order chi connectivity index (χ1) is 11.6. The first kappa shape index (κ1) is 17.1. The molecule has 0 saturated carbocycles. The molecule has 0 atom stereocenters. The number of nitrogens with one attached hydrogen (secondary N) is 2. The Morgan fingerprint density at radius 3 is 2.67 bits per heavy atom. The highest BCUT2D eigenvalue weighted by Crippen LogP contribution is 2.27. The molecule has 24 heavy (non-hydrogen) atoms. The molecule has 0 spiro atoms. The van der Waals surface area contributed by atoms with Crippen LogP contribution >= 0.6 is 11.3 Å². The number of aromatic nitrogens is 2. The molecule has 2 N–H and O–H groups in total. The van der Waals surface area contributed by atoms with Crippen LogP contribution in [0, 0.1) is 6.92 Å². The van der Waals surface area contributed by atoms with Gasteiger partial charge in [-0.2, -0.15) is 0 Å². The molecule has 0 radical (unpaired) electrons. The number of likely N-dealkylation sites (tertiary alicyclic amines) is 1. The third kappa shape index (κ3) is 3.52. The lowest BCUT2D eigenvalue weighted by atomic mass is 10.2. The molecular formula is C17H24N3O3S+. The maximum atomic E-state index is 12.5. The number of thiophene rings is 1. The number of quaternary nitrogens is 1. The van der Waals surface area contributed by atoms with Crippen LogP contribution in [0.2, 0.25) is 0 Å². The van der Waals surface area contributed by atoms with Gasteiger partial charge < -0.3 is 14.6 Å². The Labute approximate surface area is 144 Å². The van der Waals surface area contributed by atoms with Gasteiger partial charge in [0.05, 0.1) is 25.1 Å². The van der Waals surface area contributed by atoms with E-state index in [1.807, 2.05) is 0 Å². The normalized spacial score (nSPS) is 16.2. The van der Waals surface area contributed by atoms with Crippen molar-refractivity contribution in [3.63, 3.8) is 0 Å². The van der Waals surface area contributed by atoms with Gasteiger partial charge in [0.1, 0.15) is 16.3 Å². The molecule has 2 aromatic heterocycles. The maximum Gasteiger partial charge on any atom is 0.348 e. The van der Waals surface area contributed by atoms with E-state index in [-0.39, 0.29) is 11.5 Å². The Hall–Kier alpha value is -1.73. The van der Waals surface area contributed by atoms with E-state index in [2.05, 4.69) is 9.97 Å². The summed E-state index contributed by atoms with van der Waals surface area (Å²) >= 11 is 1.25. The van der Waals surface area contributed by atoms with E-state index in [9.17, 15) is 9.59 Å². The van der Waals surface area contributed by atoms with Gasteiger partial charge in [0.2, 0.25) is 0 Å². The third-order valence-corrected chi connectivity index (χ3v) is 5.70. The Morgan fingerprint density at radius 1 is 1.29 bits per heavy atom. The zero-order valence-electron chi connectivity index (χ0n) is 14.2. The average molecular weight is 350 g/mol. The first-order valence-electron chi connectivity index (χ1n) is 8.63. The van der Waals surface area contributed by atoms with Gasteiger partial charge >= 0.3 is 5.97 Å². The third-order valence-electron chi connectivity index (χ3n) is 4.54. The van der Waals surface area contributed by atoms with Crippen LogP contribution in [0.1, 0.15) is 53.7 Å². The molecule has 2 aromatic rings. The van der Waals surface area contributed by atoms with Gasteiger partial charge in [0.15, 0.2) is 5.82 Å². The lowest BCUT2D eigenvalue weighted by Crippen LogP contribution is -3.10. The molecule has 1 aliphatic rings. The quantitative estimate of drug-likeness (QED) is 0.818. The van der Waals surface area contributed by atoms with Crippen molar-refractivity contribution < 1.29 is 14.4 Å². The van der Waals surface area contributed by atoms with Crippen LogP contribution in [-0.2, 0) is 11.3 Å². The summed E-state index contributed by atoms with van der Waals surface area (Å²) in [5.74, 6) is 0.332. The SMILES string of the molecule is CCOC(=O)c1sc2nc(C[NH+]3CCCCCC3)[nH]c(=O)c2c1C. The Balaban J connectivity index is 1.91. The largest absolute Gasteiger partial charge is 0.462 e. The number of rotatable bonds is 4. The van der Waals surface area contributed by atoms with Crippen molar-refractivity contribution >= 4 is 27.5 Å². The van der Waals surface area contributed by atoms with Crippen molar-refractivity contribution in [2.24, 2.45) is 0 Å². The van der Waals surface area contributed by atoms with Crippen LogP contribution in [0.3, 0.4) is 0 Å². The summed E-state index contributed by atoms with van der Waals surface area (Å²) < 4.78 is 5.07. The smallest absolute Gasteiger partial charge is 0.348 e. The minimum atomic E-state index is -0.378. The molecule has 0 aromatic carbocycles. The fraction of sp³-hybridized carbons (Fsp3) is 0.588. The Bertz CT molecular complexity index is 788. The van der Waals surface area contributed by atoms with Crippen LogP contribution in [0.4, 0.5) is 0 Å². The number of hydrogen-bond donors (Lipinski definition) is 2. The summed E-state index contributed by atoms with van der Waals surface area (Å²) in [6.07, 6.45) is 5.04. The minimum Gasteiger partial charge on any atom is -0.462 e. The number of aromatic amines is 1. The van der Waals surface area contributed by atoms with Crippen LogP contribution in [0.25, 0.3) is 10.2 Å². The zero-order chi connectivity index (χ0) is 17.1. The number of esters is 1. The number of carbonyl (C=O) groups excluding carboxylic acids is 1. The second-order valence-electron chi connectivity index (χ2n) is 6.31. The molecule has 0 bridgehead atoms. The van der Waals surface area contributed by atoms with Gasteiger partial charge in [0.25, 0.3) is 5.56 Å². The van der Waals surface area contributed by atoms with E-state index in [0.717, 1.165) is 19.6 Å². The van der Waals surface area contributed by atoms with E-state index in [4.69, 9.17) is 4.74 Å². The van der Waals surface area contributed by atoms with Crippen molar-refractivity contribution in [2.45, 2.75) is 46.1 Å². The van der Waals surface area contributed by atoms with E-state index < -0.39 is 0 Å². The average Bonchev–Trinajstić information content (AvgIpc) is 2.71. The van der Waals surface area contributed by atoms with Crippen molar-refractivity contribution in [3.05, 3.63) is 26.6 Å². The monoisotopic (exact) mass is 350 g/mol. The van der Waals surface area contributed by atoms with Crippen LogP contribution in [-0.4, -0.2) is 35.6 Å². The molecular weight excluding hydrogens is 326 g/mol. The van der Waals surface area contributed by atoms with Crippen LogP contribution < -0.4 is 10.5 Å². The molecule has 0 unspecified atom stereocenters. The highest BCUT2D eigenvalue weighted by molar-refractivity contribution is 7.20. The topological polar surface area (TPSA) is 76.5 Å². The van der Waals surface area contributed by atoms with Gasteiger partial charge in [-0.25, -0.2) is 9.78 Å². The van der Waals surface area contributed by atoms with Gasteiger partial charge in [-0.1, -0.05) is 0 Å². The number of fused-ring (bicyclic) bond motifs is 1. The fourth-order valence-corrected chi connectivity index (χ4v) is 4.40. The van der Waals surface area contributed by atoms with E-state index in [0.29, 0.717) is 33.1 Å². The number of ether oxygens (including phenoxy) is 1. The van der Waals surface area contributed by atoms with Crippen molar-refractivity contribution in [2.75, 3.05) is 19.7 Å². The molecule has 1 saturated heterocycles. The second-order valence-corrected chi connectivity index (χ2v) is 7.31. The van der Waals surface area contributed by atoms with Gasteiger partial charge in [-0.05, 0) is 45.1 Å². The molecule has 6 nitrogen and oxygen atoms in total. The summed E-state index contributed by atoms with van der Waals surface area (Å²) in [5.41, 5.74) is 0.504. The molecule has 3 heterocycles. The number of hydrogen-bond acceptors (Lipinski definition) is 5. The Kier molecular flexibility index (Phi) is 5.30. The first-order valence-corrected chi connectivity index (χ1v) is 9.44. The summed E-state index contributed by atoms with van der Waals surface area (Å²) in [6, 6.07) is 0. The fourth-order valence-electron chi connectivity index (χ4n) is 3.31. The number of H-pyrrole nitrogens is 1. The van der Waals surface area contributed by atoms with Gasteiger partial charge in [-0.15, -0.1) is 11.3 Å². The van der Waals surface area contributed by atoms with Gasteiger partial charge in [0, 0.05) is 0 Å². The van der Waals surface area contributed by atoms with Crippen molar-refractivity contribution in [1.82, 2.24) is 9.97 Å². The lowest BCUT2D eigenvalue weighted by molar-refractivity contribution is -0.913. The predicted octanol–water partition coefficient (Wildman–Crippen LogP) is 1.43. The van der Waals surface area contributed by atoms with Crippen LogP contribution in [0.15, 0.2) is 4.79 Å². The zero-order valence-corrected chi connectivity index (χ0v) is 15.1. The Morgan fingerprint density at radius 2 is 2.00 bits per heavy atom. The number of nitrogens with zero attached hydrogens (tertiary/aromatic N) is 1. The molecule has 7 heteroatoms. The maximum absolute atomic E-state index is 12.5. The van der Waals surface area contributed by atoms with Gasteiger partial charge in [-0.3, -0.25) is 4.79 Å². The lowest BCUT2D eigenvalue weighted by Gasteiger charge is -2.15. The molecule has 0 amide bonds. The van der Waals surface area contributed by atoms with E-state index in [1.54, 1.807) is 13.8 Å². The summed E-state index contributed by atoms with van der Waals surface area (Å²) in [5, 5.41) is 0.512. The molecule has 1 fully saturated rings.